The number of nitrogens with zero attached hydrogens (tertiary/aromatic N) is 2. The molecule has 2 aromatic rings. The lowest BCUT2D eigenvalue weighted by Crippen LogP contribution is -2.40. The molecule has 1 aromatic carbocycles. The van der Waals surface area contributed by atoms with Gasteiger partial charge in [0.25, 0.3) is 5.91 Å². The molecule has 8 heteroatoms. The Morgan fingerprint density at radius 2 is 1.90 bits per heavy atom. The van der Waals surface area contributed by atoms with Gasteiger partial charge >= 0.3 is 6.18 Å². The minimum Gasteiger partial charge on any atom is -0.484 e. The molecule has 2 aliphatic rings. The molecule has 1 aliphatic heterocycles. The Morgan fingerprint density at radius 3 is 2.72 bits per heavy atom. The van der Waals surface area contributed by atoms with Gasteiger partial charge in [0.1, 0.15) is 17.1 Å². The van der Waals surface area contributed by atoms with Gasteiger partial charge in [-0.05, 0) is 43.9 Å². The molecular weight excluding hydrogens is 385 g/mol. The van der Waals surface area contributed by atoms with Crippen LogP contribution in [0.5, 0.6) is 5.75 Å². The average Bonchev–Trinajstić information content (AvgIpc) is 2.89. The molecule has 0 bridgehead atoms. The lowest BCUT2D eigenvalue weighted by atomic mass is 9.96. The molecule has 2 heterocycles. The summed E-state index contributed by atoms with van der Waals surface area (Å²) >= 11 is 0. The highest BCUT2D eigenvalue weighted by Crippen LogP contribution is 2.34. The second-order valence-corrected chi connectivity index (χ2v) is 7.78. The summed E-state index contributed by atoms with van der Waals surface area (Å²) in [4.78, 5) is 15.4. The summed E-state index contributed by atoms with van der Waals surface area (Å²) < 4.78 is 49.4. The zero-order valence-electron chi connectivity index (χ0n) is 16.3. The van der Waals surface area contributed by atoms with Gasteiger partial charge in [0.15, 0.2) is 6.61 Å². The number of amides is 1. The quantitative estimate of drug-likeness (QED) is 0.770. The van der Waals surface area contributed by atoms with E-state index in [-0.39, 0.29) is 25.6 Å². The molecule has 1 saturated heterocycles. The van der Waals surface area contributed by atoms with Crippen molar-refractivity contribution in [3.8, 4) is 5.75 Å². The van der Waals surface area contributed by atoms with Crippen molar-refractivity contribution in [3.05, 3.63) is 29.5 Å². The van der Waals surface area contributed by atoms with E-state index in [9.17, 15) is 18.0 Å². The van der Waals surface area contributed by atoms with E-state index in [4.69, 9.17) is 9.15 Å². The summed E-state index contributed by atoms with van der Waals surface area (Å²) in [6, 6.07) is 5.58. The second-order valence-electron chi connectivity index (χ2n) is 7.78. The predicted octanol–water partition coefficient (Wildman–Crippen LogP) is 3.79. The molecule has 29 heavy (non-hydrogen) atoms. The van der Waals surface area contributed by atoms with E-state index in [1.807, 2.05) is 12.1 Å². The molecule has 0 spiro atoms. The number of alkyl halides is 3. The Bertz CT molecular complexity index is 878. The Hall–Kier alpha value is -2.22. The van der Waals surface area contributed by atoms with Crippen molar-refractivity contribution >= 4 is 16.9 Å². The van der Waals surface area contributed by atoms with Crippen LogP contribution in [0.15, 0.2) is 22.6 Å². The molecule has 1 aliphatic carbocycles. The van der Waals surface area contributed by atoms with Gasteiger partial charge in [-0.15, -0.1) is 0 Å². The minimum atomic E-state index is -4.22. The first-order valence-electron chi connectivity index (χ1n) is 10.1. The van der Waals surface area contributed by atoms with Crippen LogP contribution in [-0.2, 0) is 17.6 Å². The molecule has 1 fully saturated rings. The number of aryl methyl sites for hydroxylation is 2. The SMILES string of the molecule is O=C(COc1ccc2oc3c(c2c1)CCCC3)N1CCCN(CC(F)(F)F)CC1. The van der Waals surface area contributed by atoms with Crippen LogP contribution in [0, 0.1) is 0 Å². The van der Waals surface area contributed by atoms with Gasteiger partial charge in [0.2, 0.25) is 0 Å². The molecule has 4 rings (SSSR count). The molecule has 0 radical (unpaired) electrons. The van der Waals surface area contributed by atoms with Crippen molar-refractivity contribution in [2.75, 3.05) is 39.3 Å². The van der Waals surface area contributed by atoms with Gasteiger partial charge < -0.3 is 14.1 Å². The molecule has 0 N–H and O–H groups in total. The molecule has 5 nitrogen and oxygen atoms in total. The van der Waals surface area contributed by atoms with E-state index in [1.54, 1.807) is 11.0 Å². The topological polar surface area (TPSA) is 45.9 Å². The van der Waals surface area contributed by atoms with E-state index in [0.29, 0.717) is 25.3 Å². The number of rotatable bonds is 4. The molecular formula is C21H25F3N2O3. The number of benzene rings is 1. The van der Waals surface area contributed by atoms with Crippen LogP contribution in [0.1, 0.15) is 30.6 Å². The molecule has 158 valence electrons. The van der Waals surface area contributed by atoms with Gasteiger partial charge in [-0.1, -0.05) is 0 Å². The maximum atomic E-state index is 12.6. The first-order valence-corrected chi connectivity index (χ1v) is 10.1. The highest BCUT2D eigenvalue weighted by atomic mass is 19.4. The average molecular weight is 410 g/mol. The van der Waals surface area contributed by atoms with Crippen LogP contribution < -0.4 is 4.74 Å². The summed E-state index contributed by atoms with van der Waals surface area (Å²) in [5.74, 6) is 1.45. The van der Waals surface area contributed by atoms with E-state index in [2.05, 4.69) is 0 Å². The third-order valence-electron chi connectivity index (χ3n) is 5.63. The maximum Gasteiger partial charge on any atom is 0.401 e. The van der Waals surface area contributed by atoms with Gasteiger partial charge in [-0.25, -0.2) is 0 Å². The maximum absolute atomic E-state index is 12.6. The number of carbonyl (C=O) groups excluding carboxylic acids is 1. The fourth-order valence-corrected chi connectivity index (χ4v) is 4.20. The molecule has 0 unspecified atom stereocenters. The Kier molecular flexibility index (Phi) is 5.72. The van der Waals surface area contributed by atoms with Crippen LogP contribution in [-0.4, -0.2) is 61.2 Å². The molecule has 0 atom stereocenters. The summed E-state index contributed by atoms with van der Waals surface area (Å²) in [5, 5.41) is 1.04. The van der Waals surface area contributed by atoms with Gasteiger partial charge in [-0.2, -0.15) is 13.2 Å². The zero-order chi connectivity index (χ0) is 20.4. The second kappa shape index (κ2) is 8.26. The van der Waals surface area contributed by atoms with Crippen molar-refractivity contribution in [3.63, 3.8) is 0 Å². The number of furan rings is 1. The standard InChI is InChI=1S/C21H25F3N2O3/c22-21(23,24)14-25-8-3-9-26(11-10-25)20(27)13-28-15-6-7-19-17(12-15)16-4-1-2-5-18(16)29-19/h6-7,12H,1-5,8-11,13-14H2. The van der Waals surface area contributed by atoms with Crippen LogP contribution in [0.25, 0.3) is 11.0 Å². The van der Waals surface area contributed by atoms with Crippen molar-refractivity contribution in [1.82, 2.24) is 9.80 Å². The molecule has 1 amide bonds. The van der Waals surface area contributed by atoms with E-state index in [0.717, 1.165) is 42.4 Å². The van der Waals surface area contributed by atoms with Crippen LogP contribution in [0.3, 0.4) is 0 Å². The van der Waals surface area contributed by atoms with Crippen molar-refractivity contribution in [2.45, 2.75) is 38.3 Å². The predicted molar refractivity (Wildman–Crippen MR) is 102 cm³/mol. The third kappa shape index (κ3) is 4.86. The van der Waals surface area contributed by atoms with Crippen molar-refractivity contribution in [2.24, 2.45) is 0 Å². The number of carbonyl (C=O) groups is 1. The van der Waals surface area contributed by atoms with Crippen LogP contribution in [0.4, 0.5) is 13.2 Å². The Labute approximate surface area is 167 Å². The van der Waals surface area contributed by atoms with E-state index in [1.165, 1.54) is 10.5 Å². The summed E-state index contributed by atoms with van der Waals surface area (Å²) in [5.41, 5.74) is 2.08. The monoisotopic (exact) mass is 410 g/mol. The summed E-state index contributed by atoms with van der Waals surface area (Å²) in [6.45, 7) is 0.244. The normalized spacial score (nSPS) is 18.5. The third-order valence-corrected chi connectivity index (χ3v) is 5.63. The van der Waals surface area contributed by atoms with Gasteiger partial charge in [0, 0.05) is 43.5 Å². The highest BCUT2D eigenvalue weighted by Gasteiger charge is 2.32. The fraction of sp³-hybridized carbons (Fsp3) is 0.571. The number of ether oxygens (including phenoxy) is 1. The highest BCUT2D eigenvalue weighted by molar-refractivity contribution is 5.84. The minimum absolute atomic E-state index is 0.120. The fourth-order valence-electron chi connectivity index (χ4n) is 4.20. The lowest BCUT2D eigenvalue weighted by molar-refractivity contribution is -0.145. The van der Waals surface area contributed by atoms with Gasteiger partial charge in [-0.3, -0.25) is 9.69 Å². The van der Waals surface area contributed by atoms with Crippen molar-refractivity contribution in [1.29, 1.82) is 0 Å². The first kappa shape index (κ1) is 20.1. The number of halogens is 3. The zero-order valence-corrected chi connectivity index (χ0v) is 16.3. The van der Waals surface area contributed by atoms with E-state index >= 15 is 0 Å². The molecule has 0 saturated carbocycles. The Balaban J connectivity index is 1.34. The largest absolute Gasteiger partial charge is 0.484 e. The smallest absolute Gasteiger partial charge is 0.401 e. The number of fused-ring (bicyclic) bond motifs is 3. The first-order chi connectivity index (χ1) is 13.9. The number of hydrogen-bond donors (Lipinski definition) is 0. The lowest BCUT2D eigenvalue weighted by Gasteiger charge is -2.22. The van der Waals surface area contributed by atoms with Crippen LogP contribution >= 0.6 is 0 Å². The van der Waals surface area contributed by atoms with E-state index < -0.39 is 12.7 Å². The summed E-state index contributed by atoms with van der Waals surface area (Å²) in [6.07, 6.45) is 0.542. The molecule has 1 aromatic heterocycles. The number of hydrogen-bond acceptors (Lipinski definition) is 4. The van der Waals surface area contributed by atoms with Gasteiger partial charge in [0.05, 0.1) is 6.54 Å². The van der Waals surface area contributed by atoms with Crippen molar-refractivity contribution < 1.29 is 27.1 Å². The summed E-state index contributed by atoms with van der Waals surface area (Å²) in [7, 11) is 0. The Morgan fingerprint density at radius 1 is 1.07 bits per heavy atom. The van der Waals surface area contributed by atoms with Crippen LogP contribution in [0.2, 0.25) is 0 Å².